The van der Waals surface area contributed by atoms with Gasteiger partial charge in [-0.2, -0.15) is 0 Å². The molecule has 2 N–H and O–H groups in total. The standard InChI is InChI=1S/C16H14Cl2N2O2/c1-9-5-3-7-12(10(9)2)19-15(21)16(22)20-13-8-4-6-11(17)14(13)18/h3-8H,1-2H3,(H,19,21)(H,20,22). The average molecular weight is 337 g/mol. The van der Waals surface area contributed by atoms with Crippen LogP contribution in [0.15, 0.2) is 36.4 Å². The molecule has 0 fully saturated rings. The number of anilines is 2. The lowest BCUT2D eigenvalue weighted by atomic mass is 10.1. The Kier molecular flexibility index (Phi) is 5.06. The van der Waals surface area contributed by atoms with Gasteiger partial charge < -0.3 is 10.6 Å². The molecule has 2 aromatic rings. The van der Waals surface area contributed by atoms with E-state index in [1.807, 2.05) is 26.0 Å². The normalized spacial score (nSPS) is 10.2. The van der Waals surface area contributed by atoms with E-state index in [1.54, 1.807) is 24.3 Å². The summed E-state index contributed by atoms with van der Waals surface area (Å²) >= 11 is 11.8. The van der Waals surface area contributed by atoms with E-state index in [4.69, 9.17) is 23.2 Å². The monoisotopic (exact) mass is 336 g/mol. The van der Waals surface area contributed by atoms with Crippen LogP contribution in [0.4, 0.5) is 11.4 Å². The molecule has 0 spiro atoms. The summed E-state index contributed by atoms with van der Waals surface area (Å²) in [6, 6.07) is 10.3. The quantitative estimate of drug-likeness (QED) is 0.808. The van der Waals surface area contributed by atoms with Crippen LogP contribution < -0.4 is 10.6 Å². The first-order chi connectivity index (χ1) is 10.4. The number of amides is 2. The van der Waals surface area contributed by atoms with Gasteiger partial charge >= 0.3 is 11.8 Å². The number of nitrogens with one attached hydrogen (secondary N) is 2. The molecule has 0 bridgehead atoms. The summed E-state index contributed by atoms with van der Waals surface area (Å²) in [6.07, 6.45) is 0. The Bertz CT molecular complexity index is 681. The fourth-order valence-corrected chi connectivity index (χ4v) is 2.19. The highest BCUT2D eigenvalue weighted by atomic mass is 35.5. The third-order valence-electron chi connectivity index (χ3n) is 3.26. The van der Waals surface area contributed by atoms with Crippen LogP contribution in [0.3, 0.4) is 0 Å². The van der Waals surface area contributed by atoms with Gasteiger partial charge in [0.05, 0.1) is 15.7 Å². The fourth-order valence-electron chi connectivity index (χ4n) is 1.85. The Morgan fingerprint density at radius 1 is 0.864 bits per heavy atom. The van der Waals surface area contributed by atoms with Gasteiger partial charge in [-0.25, -0.2) is 0 Å². The highest BCUT2D eigenvalue weighted by Gasteiger charge is 2.17. The van der Waals surface area contributed by atoms with Gasteiger partial charge in [-0.15, -0.1) is 0 Å². The van der Waals surface area contributed by atoms with Crippen molar-refractivity contribution in [1.82, 2.24) is 0 Å². The predicted octanol–water partition coefficient (Wildman–Crippen LogP) is 4.19. The van der Waals surface area contributed by atoms with E-state index in [1.165, 1.54) is 0 Å². The number of hydrogen-bond donors (Lipinski definition) is 2. The second-order valence-corrected chi connectivity index (χ2v) is 5.54. The topological polar surface area (TPSA) is 58.2 Å². The highest BCUT2D eigenvalue weighted by molar-refractivity contribution is 6.47. The summed E-state index contributed by atoms with van der Waals surface area (Å²) in [7, 11) is 0. The number of aryl methyl sites for hydroxylation is 1. The molecule has 2 amide bonds. The van der Waals surface area contributed by atoms with E-state index in [0.717, 1.165) is 11.1 Å². The molecule has 0 atom stereocenters. The Labute approximate surface area is 138 Å². The van der Waals surface area contributed by atoms with Crippen LogP contribution in [-0.4, -0.2) is 11.8 Å². The summed E-state index contributed by atoms with van der Waals surface area (Å²) in [5.74, 6) is -1.59. The molecule has 0 aliphatic rings. The van der Waals surface area contributed by atoms with E-state index < -0.39 is 11.8 Å². The minimum atomic E-state index is -0.815. The molecule has 0 radical (unpaired) electrons. The molecular weight excluding hydrogens is 323 g/mol. The fraction of sp³-hybridized carbons (Fsp3) is 0.125. The van der Waals surface area contributed by atoms with Gasteiger partial charge in [-0.3, -0.25) is 9.59 Å². The van der Waals surface area contributed by atoms with Crippen molar-refractivity contribution in [2.75, 3.05) is 10.6 Å². The van der Waals surface area contributed by atoms with E-state index >= 15 is 0 Å². The number of hydrogen-bond acceptors (Lipinski definition) is 2. The van der Waals surface area contributed by atoms with E-state index in [0.29, 0.717) is 10.7 Å². The maximum atomic E-state index is 12.0. The van der Waals surface area contributed by atoms with Gasteiger partial charge in [0, 0.05) is 5.69 Å². The lowest BCUT2D eigenvalue weighted by molar-refractivity contribution is -0.133. The van der Waals surface area contributed by atoms with Crippen molar-refractivity contribution in [2.45, 2.75) is 13.8 Å². The molecule has 0 saturated heterocycles. The molecule has 22 heavy (non-hydrogen) atoms. The zero-order valence-electron chi connectivity index (χ0n) is 12.0. The van der Waals surface area contributed by atoms with E-state index in [9.17, 15) is 9.59 Å². The zero-order valence-corrected chi connectivity index (χ0v) is 13.5. The molecule has 114 valence electrons. The van der Waals surface area contributed by atoms with Crippen LogP contribution >= 0.6 is 23.2 Å². The maximum Gasteiger partial charge on any atom is 0.314 e. The van der Waals surface area contributed by atoms with Crippen molar-refractivity contribution in [2.24, 2.45) is 0 Å². The van der Waals surface area contributed by atoms with Crippen LogP contribution in [0.1, 0.15) is 11.1 Å². The molecule has 0 heterocycles. The smallest absolute Gasteiger partial charge is 0.314 e. The summed E-state index contributed by atoms with van der Waals surface area (Å²) in [5.41, 5.74) is 2.81. The third-order valence-corrected chi connectivity index (χ3v) is 4.08. The van der Waals surface area contributed by atoms with Crippen molar-refractivity contribution in [3.63, 3.8) is 0 Å². The number of carbonyl (C=O) groups excluding carboxylic acids is 2. The predicted molar refractivity (Wildman–Crippen MR) is 89.6 cm³/mol. The molecule has 0 unspecified atom stereocenters. The SMILES string of the molecule is Cc1cccc(NC(=O)C(=O)Nc2cccc(Cl)c2Cl)c1C. The minimum Gasteiger partial charge on any atom is -0.318 e. The minimum absolute atomic E-state index is 0.192. The van der Waals surface area contributed by atoms with Crippen LogP contribution in [-0.2, 0) is 9.59 Å². The first kappa shape index (κ1) is 16.3. The maximum absolute atomic E-state index is 12.0. The summed E-state index contributed by atoms with van der Waals surface area (Å²) in [5, 5.41) is 5.51. The highest BCUT2D eigenvalue weighted by Crippen LogP contribution is 2.29. The van der Waals surface area contributed by atoms with Gasteiger partial charge in [0.15, 0.2) is 0 Å². The number of halogens is 2. The van der Waals surface area contributed by atoms with Gasteiger partial charge in [0.25, 0.3) is 0 Å². The molecule has 4 nitrogen and oxygen atoms in total. The largest absolute Gasteiger partial charge is 0.318 e. The van der Waals surface area contributed by atoms with Crippen molar-refractivity contribution in [1.29, 1.82) is 0 Å². The van der Waals surface area contributed by atoms with Crippen molar-refractivity contribution in [3.05, 3.63) is 57.6 Å². The second kappa shape index (κ2) is 6.81. The molecule has 2 aromatic carbocycles. The Hall–Kier alpha value is -2.04. The molecule has 2 rings (SSSR count). The lowest BCUT2D eigenvalue weighted by Gasteiger charge is -2.11. The molecule has 0 aromatic heterocycles. The molecule has 0 aliphatic carbocycles. The second-order valence-electron chi connectivity index (χ2n) is 4.76. The van der Waals surface area contributed by atoms with Crippen LogP contribution in [0.5, 0.6) is 0 Å². The number of benzene rings is 2. The third kappa shape index (κ3) is 3.59. The Morgan fingerprint density at radius 3 is 2.09 bits per heavy atom. The average Bonchev–Trinajstić information content (AvgIpc) is 2.48. The Morgan fingerprint density at radius 2 is 1.41 bits per heavy atom. The van der Waals surface area contributed by atoms with Crippen LogP contribution in [0.25, 0.3) is 0 Å². The Balaban J connectivity index is 2.11. The van der Waals surface area contributed by atoms with E-state index in [-0.39, 0.29) is 10.7 Å². The van der Waals surface area contributed by atoms with Gasteiger partial charge in [0.1, 0.15) is 0 Å². The van der Waals surface area contributed by atoms with E-state index in [2.05, 4.69) is 10.6 Å². The van der Waals surface area contributed by atoms with Crippen molar-refractivity contribution >= 4 is 46.4 Å². The van der Waals surface area contributed by atoms with Crippen molar-refractivity contribution in [3.8, 4) is 0 Å². The molecular formula is C16H14Cl2N2O2. The van der Waals surface area contributed by atoms with Gasteiger partial charge in [-0.05, 0) is 43.2 Å². The lowest BCUT2D eigenvalue weighted by Crippen LogP contribution is -2.29. The first-order valence-corrected chi connectivity index (χ1v) is 7.28. The van der Waals surface area contributed by atoms with Crippen LogP contribution in [0, 0.1) is 13.8 Å². The molecule has 0 aliphatic heterocycles. The van der Waals surface area contributed by atoms with Crippen molar-refractivity contribution < 1.29 is 9.59 Å². The van der Waals surface area contributed by atoms with Crippen LogP contribution in [0.2, 0.25) is 10.0 Å². The zero-order chi connectivity index (χ0) is 16.3. The molecule has 0 saturated carbocycles. The first-order valence-electron chi connectivity index (χ1n) is 6.52. The summed E-state index contributed by atoms with van der Waals surface area (Å²) < 4.78 is 0. The molecule has 6 heteroatoms. The summed E-state index contributed by atoms with van der Waals surface area (Å²) in [4.78, 5) is 23.9. The number of carbonyl (C=O) groups is 2. The van der Waals surface area contributed by atoms with Gasteiger partial charge in [-0.1, -0.05) is 41.4 Å². The summed E-state index contributed by atoms with van der Waals surface area (Å²) in [6.45, 7) is 3.80. The number of rotatable bonds is 2. The van der Waals surface area contributed by atoms with Gasteiger partial charge in [0.2, 0.25) is 0 Å².